The van der Waals surface area contributed by atoms with Crippen molar-refractivity contribution in [3.05, 3.63) is 17.5 Å². The molecule has 1 saturated heterocycles. The van der Waals surface area contributed by atoms with Crippen molar-refractivity contribution in [2.45, 2.75) is 18.9 Å². The summed E-state index contributed by atoms with van der Waals surface area (Å²) >= 11 is 5.66. The van der Waals surface area contributed by atoms with Gasteiger partial charge in [-0.25, -0.2) is 9.97 Å². The predicted octanol–water partition coefficient (Wildman–Crippen LogP) is 1.29. The first kappa shape index (κ1) is 9.68. The lowest BCUT2D eigenvalue weighted by atomic mass is 10.2. The van der Waals surface area contributed by atoms with E-state index >= 15 is 0 Å². The summed E-state index contributed by atoms with van der Waals surface area (Å²) in [7, 11) is 0. The van der Waals surface area contributed by atoms with Crippen LogP contribution >= 0.6 is 11.6 Å². The van der Waals surface area contributed by atoms with Gasteiger partial charge < -0.3 is 10.6 Å². The second-order valence-corrected chi connectivity index (χ2v) is 3.72. The van der Waals surface area contributed by atoms with Gasteiger partial charge in [-0.05, 0) is 37.1 Å². The molecule has 0 saturated carbocycles. The Kier molecular flexibility index (Phi) is 3.16. The fourth-order valence-electron chi connectivity index (χ4n) is 1.59. The third-order valence-electron chi connectivity index (χ3n) is 2.32. The summed E-state index contributed by atoms with van der Waals surface area (Å²) in [4.78, 5) is 7.87. The molecule has 0 aromatic carbocycles. The number of hydrogen-bond donors (Lipinski definition) is 2. The van der Waals surface area contributed by atoms with Crippen LogP contribution < -0.4 is 10.6 Å². The minimum atomic E-state index is 0.286. The predicted molar refractivity (Wildman–Crippen MR) is 56.6 cm³/mol. The molecule has 1 aromatic heterocycles. The van der Waals surface area contributed by atoms with Crippen LogP contribution in [0.3, 0.4) is 0 Å². The molecule has 1 aliphatic rings. The zero-order chi connectivity index (χ0) is 9.80. The number of aromatic nitrogens is 2. The Morgan fingerprint density at radius 2 is 2.57 bits per heavy atom. The van der Waals surface area contributed by atoms with E-state index in [1.165, 1.54) is 12.8 Å². The molecule has 0 bridgehead atoms. The van der Waals surface area contributed by atoms with E-state index in [-0.39, 0.29) is 5.28 Å². The average molecular weight is 213 g/mol. The van der Waals surface area contributed by atoms with E-state index in [1.54, 1.807) is 6.20 Å². The lowest BCUT2D eigenvalue weighted by Crippen LogP contribution is -2.29. The van der Waals surface area contributed by atoms with Crippen LogP contribution in [0.4, 0.5) is 5.82 Å². The Bertz CT molecular complexity index is 299. The highest BCUT2D eigenvalue weighted by Gasteiger charge is 2.13. The van der Waals surface area contributed by atoms with Crippen molar-refractivity contribution in [2.75, 3.05) is 18.4 Å². The molecule has 0 aliphatic carbocycles. The largest absolute Gasteiger partial charge is 0.368 e. The third kappa shape index (κ3) is 2.56. The van der Waals surface area contributed by atoms with E-state index in [4.69, 9.17) is 11.6 Å². The van der Waals surface area contributed by atoms with Crippen molar-refractivity contribution < 1.29 is 0 Å². The molecule has 2 N–H and O–H groups in total. The van der Waals surface area contributed by atoms with E-state index in [9.17, 15) is 0 Å². The Hall–Kier alpha value is -0.870. The zero-order valence-corrected chi connectivity index (χ0v) is 8.59. The van der Waals surface area contributed by atoms with Crippen LogP contribution in [0.15, 0.2) is 12.3 Å². The molecule has 0 amide bonds. The van der Waals surface area contributed by atoms with Gasteiger partial charge in [0.2, 0.25) is 5.28 Å². The van der Waals surface area contributed by atoms with Crippen LogP contribution in [0.25, 0.3) is 0 Å². The van der Waals surface area contributed by atoms with E-state index in [0.717, 1.165) is 18.9 Å². The maximum atomic E-state index is 5.66. The molecule has 4 nitrogen and oxygen atoms in total. The number of rotatable bonds is 3. The summed E-state index contributed by atoms with van der Waals surface area (Å²) in [5, 5.41) is 6.92. The fourth-order valence-corrected chi connectivity index (χ4v) is 1.74. The van der Waals surface area contributed by atoms with Crippen LogP contribution in [-0.4, -0.2) is 29.1 Å². The van der Waals surface area contributed by atoms with Gasteiger partial charge in [0, 0.05) is 18.8 Å². The van der Waals surface area contributed by atoms with Crippen LogP contribution in [0.1, 0.15) is 12.8 Å². The Labute approximate surface area is 88.1 Å². The lowest BCUT2D eigenvalue weighted by molar-refractivity contribution is 0.632. The number of nitrogens with zero attached hydrogens (tertiary/aromatic N) is 2. The molecule has 1 aliphatic heterocycles. The Balaban J connectivity index is 1.85. The van der Waals surface area contributed by atoms with Gasteiger partial charge in [0.05, 0.1) is 0 Å². The maximum absolute atomic E-state index is 5.66. The zero-order valence-electron chi connectivity index (χ0n) is 7.83. The summed E-state index contributed by atoms with van der Waals surface area (Å²) in [5.41, 5.74) is 0. The monoisotopic (exact) mass is 212 g/mol. The average Bonchev–Trinajstić information content (AvgIpc) is 2.67. The van der Waals surface area contributed by atoms with Crippen molar-refractivity contribution in [3.8, 4) is 0 Å². The van der Waals surface area contributed by atoms with Crippen molar-refractivity contribution >= 4 is 17.4 Å². The maximum Gasteiger partial charge on any atom is 0.224 e. The van der Waals surface area contributed by atoms with Gasteiger partial charge in [-0.1, -0.05) is 0 Å². The second-order valence-electron chi connectivity index (χ2n) is 3.39. The van der Waals surface area contributed by atoms with E-state index in [2.05, 4.69) is 20.6 Å². The molecule has 1 aromatic rings. The van der Waals surface area contributed by atoms with E-state index in [1.807, 2.05) is 6.07 Å². The molecule has 0 unspecified atom stereocenters. The standard InChI is InChI=1S/C9H13ClN4/c10-9-12-5-3-8(14-9)13-6-7-2-1-4-11-7/h3,5,7,11H,1-2,4,6H2,(H,12,13,14)/t7-/m0/s1. The van der Waals surface area contributed by atoms with Crippen molar-refractivity contribution in [3.63, 3.8) is 0 Å². The summed E-state index contributed by atoms with van der Waals surface area (Å²) in [6, 6.07) is 2.38. The quantitative estimate of drug-likeness (QED) is 0.742. The molecular formula is C9H13ClN4. The Morgan fingerprint density at radius 1 is 1.64 bits per heavy atom. The highest BCUT2D eigenvalue weighted by Crippen LogP contribution is 2.08. The van der Waals surface area contributed by atoms with Crippen LogP contribution in [-0.2, 0) is 0 Å². The molecule has 2 heterocycles. The minimum absolute atomic E-state index is 0.286. The van der Waals surface area contributed by atoms with Gasteiger partial charge in [0.1, 0.15) is 5.82 Å². The molecule has 2 rings (SSSR count). The lowest BCUT2D eigenvalue weighted by Gasteiger charge is -2.11. The molecule has 14 heavy (non-hydrogen) atoms. The highest BCUT2D eigenvalue weighted by molar-refractivity contribution is 6.28. The van der Waals surface area contributed by atoms with Gasteiger partial charge >= 0.3 is 0 Å². The normalized spacial score (nSPS) is 21.1. The van der Waals surface area contributed by atoms with Crippen molar-refractivity contribution in [1.29, 1.82) is 0 Å². The van der Waals surface area contributed by atoms with Crippen LogP contribution in [0.2, 0.25) is 5.28 Å². The first-order valence-electron chi connectivity index (χ1n) is 4.80. The van der Waals surface area contributed by atoms with Gasteiger partial charge in [0.25, 0.3) is 0 Å². The second kappa shape index (κ2) is 4.57. The van der Waals surface area contributed by atoms with Gasteiger partial charge in [0.15, 0.2) is 0 Å². The first-order chi connectivity index (χ1) is 6.84. The summed E-state index contributed by atoms with van der Waals surface area (Å²) in [6.45, 7) is 2.02. The van der Waals surface area contributed by atoms with Gasteiger partial charge in [-0.2, -0.15) is 0 Å². The van der Waals surface area contributed by atoms with Gasteiger partial charge in [-0.15, -0.1) is 0 Å². The van der Waals surface area contributed by atoms with E-state index in [0.29, 0.717) is 6.04 Å². The minimum Gasteiger partial charge on any atom is -0.368 e. The van der Waals surface area contributed by atoms with Crippen LogP contribution in [0.5, 0.6) is 0 Å². The van der Waals surface area contributed by atoms with Crippen LogP contribution in [0, 0.1) is 0 Å². The Morgan fingerprint density at radius 3 is 3.29 bits per heavy atom. The summed E-state index contributed by atoms with van der Waals surface area (Å²) in [6.07, 6.45) is 4.14. The van der Waals surface area contributed by atoms with Gasteiger partial charge in [-0.3, -0.25) is 0 Å². The summed E-state index contributed by atoms with van der Waals surface area (Å²) < 4.78 is 0. The topological polar surface area (TPSA) is 49.8 Å². The van der Waals surface area contributed by atoms with E-state index < -0.39 is 0 Å². The molecule has 1 fully saturated rings. The molecule has 1 atom stereocenters. The first-order valence-corrected chi connectivity index (χ1v) is 5.18. The van der Waals surface area contributed by atoms with Crippen molar-refractivity contribution in [2.24, 2.45) is 0 Å². The highest BCUT2D eigenvalue weighted by atomic mass is 35.5. The molecule has 76 valence electrons. The smallest absolute Gasteiger partial charge is 0.224 e. The fraction of sp³-hybridized carbons (Fsp3) is 0.556. The molecule has 0 radical (unpaired) electrons. The third-order valence-corrected chi connectivity index (χ3v) is 2.50. The SMILES string of the molecule is Clc1nccc(NC[C@@H]2CCCN2)n1. The van der Waals surface area contributed by atoms with Crippen molar-refractivity contribution in [1.82, 2.24) is 15.3 Å². The number of nitrogens with one attached hydrogen (secondary N) is 2. The summed E-state index contributed by atoms with van der Waals surface area (Å²) in [5.74, 6) is 0.790. The molecule has 5 heteroatoms. The number of anilines is 1. The molecular weight excluding hydrogens is 200 g/mol. The molecule has 0 spiro atoms. The number of halogens is 1. The number of hydrogen-bond acceptors (Lipinski definition) is 4.